The van der Waals surface area contributed by atoms with Crippen molar-refractivity contribution < 1.29 is 9.53 Å². The maximum Gasteiger partial charge on any atom is 0.248 e. The van der Waals surface area contributed by atoms with Crippen molar-refractivity contribution in [2.24, 2.45) is 5.73 Å². The normalized spacial score (nSPS) is 10.2. The standard InChI is InChI=1S/C15H16N2O2/c1-10-5-6-13(16)8-14(10)19-9-11-3-2-4-12(7-11)15(17)18/h2-8H,9,16H2,1H3,(H2,17,18). The molecule has 0 saturated heterocycles. The molecular weight excluding hydrogens is 240 g/mol. The van der Waals surface area contributed by atoms with Gasteiger partial charge in [-0.2, -0.15) is 0 Å². The van der Waals surface area contributed by atoms with Gasteiger partial charge in [-0.25, -0.2) is 0 Å². The molecule has 98 valence electrons. The number of carbonyl (C=O) groups excluding carboxylic acids is 1. The van der Waals surface area contributed by atoms with E-state index in [0.717, 1.165) is 16.9 Å². The first kappa shape index (κ1) is 13.0. The number of carbonyl (C=O) groups is 1. The van der Waals surface area contributed by atoms with E-state index < -0.39 is 5.91 Å². The lowest BCUT2D eigenvalue weighted by atomic mass is 10.1. The van der Waals surface area contributed by atoms with Gasteiger partial charge in [-0.1, -0.05) is 18.2 Å². The average Bonchev–Trinajstić information content (AvgIpc) is 2.40. The van der Waals surface area contributed by atoms with Crippen molar-refractivity contribution >= 4 is 11.6 Å². The van der Waals surface area contributed by atoms with Crippen molar-refractivity contribution in [3.8, 4) is 5.75 Å². The fourth-order valence-corrected chi connectivity index (χ4v) is 1.75. The Morgan fingerprint density at radius 2 is 2.00 bits per heavy atom. The molecule has 0 bridgehead atoms. The van der Waals surface area contributed by atoms with Gasteiger partial charge in [0.15, 0.2) is 0 Å². The van der Waals surface area contributed by atoms with Crippen LogP contribution in [0, 0.1) is 6.92 Å². The predicted molar refractivity (Wildman–Crippen MR) is 74.9 cm³/mol. The maximum atomic E-state index is 11.1. The second-order valence-corrected chi connectivity index (χ2v) is 4.38. The number of primary amides is 1. The first-order chi connectivity index (χ1) is 9.06. The number of amides is 1. The summed E-state index contributed by atoms with van der Waals surface area (Å²) in [6, 6.07) is 12.6. The van der Waals surface area contributed by atoms with Crippen LogP contribution in [0.3, 0.4) is 0 Å². The molecule has 4 N–H and O–H groups in total. The minimum atomic E-state index is -0.443. The van der Waals surface area contributed by atoms with Crippen LogP contribution in [-0.2, 0) is 6.61 Å². The fraction of sp³-hybridized carbons (Fsp3) is 0.133. The lowest BCUT2D eigenvalue weighted by Gasteiger charge is -2.10. The van der Waals surface area contributed by atoms with E-state index in [2.05, 4.69) is 0 Å². The van der Waals surface area contributed by atoms with Crippen LogP contribution in [0.15, 0.2) is 42.5 Å². The van der Waals surface area contributed by atoms with E-state index in [1.165, 1.54) is 0 Å². The molecule has 0 radical (unpaired) electrons. The molecule has 1 amide bonds. The molecule has 0 atom stereocenters. The molecule has 0 unspecified atom stereocenters. The number of anilines is 1. The van der Waals surface area contributed by atoms with E-state index in [0.29, 0.717) is 17.9 Å². The van der Waals surface area contributed by atoms with Crippen molar-refractivity contribution in [3.63, 3.8) is 0 Å². The molecule has 0 aromatic heterocycles. The molecule has 0 fully saturated rings. The number of rotatable bonds is 4. The quantitative estimate of drug-likeness (QED) is 0.823. The molecule has 0 aliphatic rings. The Hall–Kier alpha value is -2.49. The Kier molecular flexibility index (Phi) is 3.71. The lowest BCUT2D eigenvalue weighted by molar-refractivity contribution is 0.1000. The Morgan fingerprint density at radius 1 is 1.21 bits per heavy atom. The molecule has 4 heteroatoms. The second-order valence-electron chi connectivity index (χ2n) is 4.38. The Bertz CT molecular complexity index is 609. The molecule has 19 heavy (non-hydrogen) atoms. The molecule has 2 aromatic carbocycles. The van der Waals surface area contributed by atoms with E-state index in [9.17, 15) is 4.79 Å². The first-order valence-corrected chi connectivity index (χ1v) is 5.94. The molecule has 2 rings (SSSR count). The van der Waals surface area contributed by atoms with Crippen molar-refractivity contribution in [3.05, 3.63) is 59.2 Å². The second kappa shape index (κ2) is 5.44. The summed E-state index contributed by atoms with van der Waals surface area (Å²) in [7, 11) is 0. The van der Waals surface area contributed by atoms with Crippen molar-refractivity contribution in [1.29, 1.82) is 0 Å². The van der Waals surface area contributed by atoms with Crippen LogP contribution in [0.5, 0.6) is 5.75 Å². The maximum absolute atomic E-state index is 11.1. The molecule has 4 nitrogen and oxygen atoms in total. The zero-order valence-corrected chi connectivity index (χ0v) is 10.7. The molecular formula is C15H16N2O2. The van der Waals surface area contributed by atoms with Crippen LogP contribution in [-0.4, -0.2) is 5.91 Å². The van der Waals surface area contributed by atoms with Gasteiger partial charge in [0.05, 0.1) is 0 Å². The summed E-state index contributed by atoms with van der Waals surface area (Å²) < 4.78 is 5.71. The average molecular weight is 256 g/mol. The summed E-state index contributed by atoms with van der Waals surface area (Å²) in [4.78, 5) is 11.1. The van der Waals surface area contributed by atoms with Crippen LogP contribution >= 0.6 is 0 Å². The Morgan fingerprint density at radius 3 is 2.74 bits per heavy atom. The third-order valence-corrected chi connectivity index (χ3v) is 2.82. The zero-order chi connectivity index (χ0) is 13.8. The monoisotopic (exact) mass is 256 g/mol. The smallest absolute Gasteiger partial charge is 0.248 e. The van der Waals surface area contributed by atoms with Crippen LogP contribution < -0.4 is 16.2 Å². The summed E-state index contributed by atoms with van der Waals surface area (Å²) >= 11 is 0. The van der Waals surface area contributed by atoms with Crippen LogP contribution in [0.1, 0.15) is 21.5 Å². The van der Waals surface area contributed by atoms with Gasteiger partial charge in [-0.15, -0.1) is 0 Å². The van der Waals surface area contributed by atoms with E-state index >= 15 is 0 Å². The Labute approximate surface area is 112 Å². The van der Waals surface area contributed by atoms with Gasteiger partial charge in [0.1, 0.15) is 12.4 Å². The third kappa shape index (κ3) is 3.25. The largest absolute Gasteiger partial charge is 0.489 e. The Balaban J connectivity index is 2.12. The fourth-order valence-electron chi connectivity index (χ4n) is 1.75. The molecule has 0 aliphatic heterocycles. The minimum Gasteiger partial charge on any atom is -0.489 e. The number of hydrogen-bond donors (Lipinski definition) is 2. The summed E-state index contributed by atoms with van der Waals surface area (Å²) in [6.45, 7) is 2.32. The van der Waals surface area contributed by atoms with Crippen molar-refractivity contribution in [2.45, 2.75) is 13.5 Å². The highest BCUT2D eigenvalue weighted by atomic mass is 16.5. The number of nitrogen functional groups attached to an aromatic ring is 1. The van der Waals surface area contributed by atoms with E-state index in [-0.39, 0.29) is 0 Å². The zero-order valence-electron chi connectivity index (χ0n) is 10.7. The molecule has 0 heterocycles. The summed E-state index contributed by atoms with van der Waals surface area (Å²) in [5, 5.41) is 0. The summed E-state index contributed by atoms with van der Waals surface area (Å²) in [5.41, 5.74) is 14.0. The predicted octanol–water partition coefficient (Wildman–Crippen LogP) is 2.26. The van der Waals surface area contributed by atoms with Crippen LogP contribution in [0.25, 0.3) is 0 Å². The topological polar surface area (TPSA) is 78.3 Å². The SMILES string of the molecule is Cc1ccc(N)cc1OCc1cccc(C(N)=O)c1. The van der Waals surface area contributed by atoms with Gasteiger partial charge in [0.25, 0.3) is 0 Å². The molecule has 0 saturated carbocycles. The van der Waals surface area contributed by atoms with E-state index in [1.54, 1.807) is 24.3 Å². The molecule has 2 aromatic rings. The summed E-state index contributed by atoms with van der Waals surface area (Å²) in [5.74, 6) is 0.298. The van der Waals surface area contributed by atoms with E-state index in [1.807, 2.05) is 25.1 Å². The highest BCUT2D eigenvalue weighted by molar-refractivity contribution is 5.92. The van der Waals surface area contributed by atoms with Gasteiger partial charge >= 0.3 is 0 Å². The summed E-state index contributed by atoms with van der Waals surface area (Å²) in [6.07, 6.45) is 0. The van der Waals surface area contributed by atoms with Gasteiger partial charge in [0, 0.05) is 17.3 Å². The van der Waals surface area contributed by atoms with Crippen LogP contribution in [0.2, 0.25) is 0 Å². The lowest BCUT2D eigenvalue weighted by Crippen LogP contribution is -2.11. The molecule has 0 aliphatic carbocycles. The number of aryl methyl sites for hydroxylation is 1. The highest BCUT2D eigenvalue weighted by Gasteiger charge is 2.04. The van der Waals surface area contributed by atoms with Gasteiger partial charge in [-0.05, 0) is 36.2 Å². The highest BCUT2D eigenvalue weighted by Crippen LogP contribution is 2.22. The number of hydrogen-bond acceptors (Lipinski definition) is 3. The number of ether oxygens (including phenoxy) is 1. The van der Waals surface area contributed by atoms with Crippen molar-refractivity contribution in [2.75, 3.05) is 5.73 Å². The number of nitrogens with two attached hydrogens (primary N) is 2. The van der Waals surface area contributed by atoms with Gasteiger partial charge in [0.2, 0.25) is 5.91 Å². The van der Waals surface area contributed by atoms with Gasteiger partial charge < -0.3 is 16.2 Å². The van der Waals surface area contributed by atoms with Crippen molar-refractivity contribution in [1.82, 2.24) is 0 Å². The minimum absolute atomic E-state index is 0.366. The van der Waals surface area contributed by atoms with Gasteiger partial charge in [-0.3, -0.25) is 4.79 Å². The molecule has 0 spiro atoms. The van der Waals surface area contributed by atoms with E-state index in [4.69, 9.17) is 16.2 Å². The number of benzene rings is 2. The third-order valence-electron chi connectivity index (χ3n) is 2.82. The first-order valence-electron chi connectivity index (χ1n) is 5.94. The van der Waals surface area contributed by atoms with Crippen LogP contribution in [0.4, 0.5) is 5.69 Å².